The van der Waals surface area contributed by atoms with Gasteiger partial charge in [-0.25, -0.2) is 0 Å². The Kier molecular flexibility index (Phi) is 5.68. The molecule has 0 saturated heterocycles. The lowest BCUT2D eigenvalue weighted by molar-refractivity contribution is 0.0781. The molecule has 0 atom stereocenters. The summed E-state index contributed by atoms with van der Waals surface area (Å²) in [4.78, 5) is 16.5. The Hall–Kier alpha value is -2.69. The maximum absolute atomic E-state index is 12.8. The van der Waals surface area contributed by atoms with Gasteiger partial charge in [-0.15, -0.1) is 0 Å². The number of hydrogen-bond donors (Lipinski definition) is 0. The zero-order valence-corrected chi connectivity index (χ0v) is 14.9. The largest absolute Gasteiger partial charge is 0.493 e. The number of rotatable bonds is 6. The molecule has 2 rings (SSSR count). The van der Waals surface area contributed by atoms with E-state index in [1.165, 1.54) is 7.11 Å². The van der Waals surface area contributed by atoms with Gasteiger partial charge in [-0.3, -0.25) is 4.79 Å². The summed E-state index contributed by atoms with van der Waals surface area (Å²) >= 11 is 0. The number of hydrogen-bond acceptors (Lipinski definition) is 4. The predicted octanol–water partition coefficient (Wildman–Crippen LogP) is 3.04. The van der Waals surface area contributed by atoms with Gasteiger partial charge in [0.25, 0.3) is 5.91 Å². The van der Waals surface area contributed by atoms with E-state index >= 15 is 0 Å². The molecule has 0 aliphatic rings. The summed E-state index contributed by atoms with van der Waals surface area (Å²) in [7, 11) is 8.87. The highest BCUT2D eigenvalue weighted by Gasteiger charge is 2.19. The zero-order valence-electron chi connectivity index (χ0n) is 14.9. The summed E-state index contributed by atoms with van der Waals surface area (Å²) in [6.45, 7) is 0.521. The summed E-state index contributed by atoms with van der Waals surface area (Å²) in [6, 6.07) is 13.4. The number of benzene rings is 2. The van der Waals surface area contributed by atoms with Crippen molar-refractivity contribution in [1.29, 1.82) is 0 Å². The molecule has 24 heavy (non-hydrogen) atoms. The number of carbonyl (C=O) groups is 1. The third kappa shape index (κ3) is 3.79. The average Bonchev–Trinajstić information content (AvgIpc) is 2.60. The van der Waals surface area contributed by atoms with Crippen LogP contribution in [0.3, 0.4) is 0 Å². The van der Waals surface area contributed by atoms with Crippen molar-refractivity contribution in [3.05, 3.63) is 53.6 Å². The highest BCUT2D eigenvalue weighted by molar-refractivity contribution is 5.97. The number of amides is 1. The lowest BCUT2D eigenvalue weighted by Crippen LogP contribution is -2.26. The molecular formula is C19H24N2O3. The topological polar surface area (TPSA) is 42.0 Å². The Balaban J connectivity index is 2.18. The SMILES string of the molecule is COc1cccc(C(=O)N(C)Cc2ccc(N(C)C)cc2)c1OC. The van der Waals surface area contributed by atoms with Gasteiger partial charge in [-0.05, 0) is 29.8 Å². The van der Waals surface area contributed by atoms with E-state index in [-0.39, 0.29) is 5.91 Å². The van der Waals surface area contributed by atoms with Crippen molar-refractivity contribution < 1.29 is 14.3 Å². The smallest absolute Gasteiger partial charge is 0.257 e. The van der Waals surface area contributed by atoms with Crippen LogP contribution in [0, 0.1) is 0 Å². The molecule has 0 fully saturated rings. The van der Waals surface area contributed by atoms with Crippen LogP contribution >= 0.6 is 0 Å². The minimum absolute atomic E-state index is 0.109. The maximum Gasteiger partial charge on any atom is 0.257 e. The predicted molar refractivity (Wildman–Crippen MR) is 96.1 cm³/mol. The summed E-state index contributed by atoms with van der Waals surface area (Å²) in [5, 5.41) is 0. The van der Waals surface area contributed by atoms with Gasteiger partial charge in [0.2, 0.25) is 0 Å². The Bertz CT molecular complexity index is 696. The van der Waals surface area contributed by atoms with E-state index in [0.717, 1.165) is 11.3 Å². The fourth-order valence-electron chi connectivity index (χ4n) is 2.51. The van der Waals surface area contributed by atoms with E-state index in [4.69, 9.17) is 9.47 Å². The monoisotopic (exact) mass is 328 g/mol. The van der Waals surface area contributed by atoms with Gasteiger partial charge in [0, 0.05) is 33.4 Å². The number of carbonyl (C=O) groups excluding carboxylic acids is 1. The van der Waals surface area contributed by atoms with Crippen LogP contribution in [0.25, 0.3) is 0 Å². The van der Waals surface area contributed by atoms with E-state index in [9.17, 15) is 4.79 Å². The summed E-state index contributed by atoms with van der Waals surface area (Å²) in [5.41, 5.74) is 2.68. The third-order valence-corrected chi connectivity index (χ3v) is 3.85. The minimum Gasteiger partial charge on any atom is -0.493 e. The Morgan fingerprint density at radius 1 is 0.958 bits per heavy atom. The molecule has 0 unspecified atom stereocenters. The van der Waals surface area contributed by atoms with Crippen LogP contribution in [0.4, 0.5) is 5.69 Å². The molecule has 0 aliphatic heterocycles. The molecule has 0 N–H and O–H groups in total. The van der Waals surface area contributed by atoms with Gasteiger partial charge in [0.1, 0.15) is 0 Å². The number of nitrogens with zero attached hydrogens (tertiary/aromatic N) is 2. The number of para-hydroxylation sites is 1. The quantitative estimate of drug-likeness (QED) is 0.817. The molecule has 0 heterocycles. The van der Waals surface area contributed by atoms with Crippen LogP contribution in [0.1, 0.15) is 15.9 Å². The Morgan fingerprint density at radius 2 is 1.62 bits per heavy atom. The van der Waals surface area contributed by atoms with E-state index in [1.54, 1.807) is 37.3 Å². The molecule has 0 aromatic heterocycles. The molecule has 2 aromatic carbocycles. The Morgan fingerprint density at radius 3 is 2.17 bits per heavy atom. The first-order chi connectivity index (χ1) is 11.5. The van der Waals surface area contributed by atoms with Crippen LogP contribution in [0.15, 0.2) is 42.5 Å². The van der Waals surface area contributed by atoms with E-state index in [0.29, 0.717) is 23.6 Å². The Labute approximate surface area is 143 Å². The van der Waals surface area contributed by atoms with E-state index < -0.39 is 0 Å². The second kappa shape index (κ2) is 7.73. The van der Waals surface area contributed by atoms with Gasteiger partial charge in [-0.1, -0.05) is 18.2 Å². The average molecular weight is 328 g/mol. The number of ether oxygens (including phenoxy) is 2. The molecule has 2 aromatic rings. The lowest BCUT2D eigenvalue weighted by atomic mass is 10.1. The van der Waals surface area contributed by atoms with Gasteiger partial charge in [0.05, 0.1) is 19.8 Å². The number of anilines is 1. The maximum atomic E-state index is 12.8. The fourth-order valence-corrected chi connectivity index (χ4v) is 2.51. The van der Waals surface area contributed by atoms with Gasteiger partial charge >= 0.3 is 0 Å². The van der Waals surface area contributed by atoms with E-state index in [2.05, 4.69) is 0 Å². The van der Waals surface area contributed by atoms with Gasteiger partial charge in [-0.2, -0.15) is 0 Å². The molecule has 5 nitrogen and oxygen atoms in total. The molecular weight excluding hydrogens is 304 g/mol. The fraction of sp³-hybridized carbons (Fsp3) is 0.316. The highest BCUT2D eigenvalue weighted by Crippen LogP contribution is 2.31. The van der Waals surface area contributed by atoms with Crippen LogP contribution in [0.2, 0.25) is 0 Å². The minimum atomic E-state index is -0.109. The molecule has 1 amide bonds. The van der Waals surface area contributed by atoms with Gasteiger partial charge in [0.15, 0.2) is 11.5 Å². The first kappa shape index (κ1) is 17.7. The highest BCUT2D eigenvalue weighted by atomic mass is 16.5. The van der Waals surface area contributed by atoms with Crippen LogP contribution in [-0.4, -0.2) is 46.2 Å². The molecule has 0 aliphatic carbocycles. The lowest BCUT2D eigenvalue weighted by Gasteiger charge is -2.20. The number of methoxy groups -OCH3 is 2. The first-order valence-electron chi connectivity index (χ1n) is 7.70. The molecule has 128 valence electrons. The third-order valence-electron chi connectivity index (χ3n) is 3.85. The molecule has 0 bridgehead atoms. The second-order valence-electron chi connectivity index (χ2n) is 5.76. The van der Waals surface area contributed by atoms with E-state index in [1.807, 2.05) is 43.3 Å². The van der Waals surface area contributed by atoms with Crippen molar-refractivity contribution in [1.82, 2.24) is 4.90 Å². The van der Waals surface area contributed by atoms with Crippen LogP contribution < -0.4 is 14.4 Å². The van der Waals surface area contributed by atoms with Gasteiger partial charge < -0.3 is 19.3 Å². The molecule has 0 radical (unpaired) electrons. The van der Waals surface area contributed by atoms with Crippen molar-refractivity contribution in [2.45, 2.75) is 6.54 Å². The van der Waals surface area contributed by atoms with Crippen molar-refractivity contribution >= 4 is 11.6 Å². The van der Waals surface area contributed by atoms with Crippen molar-refractivity contribution in [2.24, 2.45) is 0 Å². The standard InChI is InChI=1S/C19H24N2O3/c1-20(2)15-11-9-14(10-12-15)13-21(3)19(22)16-7-6-8-17(23-4)18(16)24-5/h6-12H,13H2,1-5H3. The first-order valence-corrected chi connectivity index (χ1v) is 7.70. The summed E-state index contributed by atoms with van der Waals surface area (Å²) in [5.74, 6) is 0.898. The molecule has 5 heteroatoms. The molecule has 0 saturated carbocycles. The van der Waals surface area contributed by atoms with Crippen molar-refractivity contribution in [3.8, 4) is 11.5 Å². The normalized spacial score (nSPS) is 10.2. The van der Waals surface area contributed by atoms with Crippen LogP contribution in [-0.2, 0) is 6.54 Å². The zero-order chi connectivity index (χ0) is 17.7. The second-order valence-corrected chi connectivity index (χ2v) is 5.76. The van der Waals surface area contributed by atoms with Crippen molar-refractivity contribution in [3.63, 3.8) is 0 Å². The van der Waals surface area contributed by atoms with Crippen LogP contribution in [0.5, 0.6) is 11.5 Å². The summed E-state index contributed by atoms with van der Waals surface area (Å²) < 4.78 is 10.6. The summed E-state index contributed by atoms with van der Waals surface area (Å²) in [6.07, 6.45) is 0. The van der Waals surface area contributed by atoms with Crippen molar-refractivity contribution in [2.75, 3.05) is 40.3 Å². The molecule has 0 spiro atoms.